The molecule has 2 nitrogen and oxygen atoms in total. The normalized spacial score (nSPS) is 12.5. The summed E-state index contributed by atoms with van der Waals surface area (Å²) in [5.74, 6) is 0.166. The Bertz CT molecular complexity index is 333. The predicted molar refractivity (Wildman–Crippen MR) is 63.3 cm³/mol. The van der Waals surface area contributed by atoms with Gasteiger partial charge in [0.15, 0.2) is 5.78 Å². The standard InChI is InChI=1S/C13H19NO/c1-4-11(3)14-9-13(15)12-7-5-6-10(2)8-12/h5-8,11,14H,4,9H2,1-3H3. The summed E-state index contributed by atoms with van der Waals surface area (Å²) in [5.41, 5.74) is 1.93. The van der Waals surface area contributed by atoms with Crippen LogP contribution in [0.5, 0.6) is 0 Å². The molecule has 0 radical (unpaired) electrons. The number of rotatable bonds is 5. The van der Waals surface area contributed by atoms with E-state index < -0.39 is 0 Å². The van der Waals surface area contributed by atoms with Gasteiger partial charge in [-0.05, 0) is 26.3 Å². The SMILES string of the molecule is CCC(C)NCC(=O)c1cccc(C)c1. The number of carbonyl (C=O) groups excluding carboxylic acids is 1. The van der Waals surface area contributed by atoms with Gasteiger partial charge in [-0.25, -0.2) is 0 Å². The zero-order valence-electron chi connectivity index (χ0n) is 9.71. The fourth-order valence-electron chi connectivity index (χ4n) is 1.33. The lowest BCUT2D eigenvalue weighted by Gasteiger charge is -2.10. The molecule has 0 heterocycles. The molecule has 0 amide bonds. The number of benzene rings is 1. The Labute approximate surface area is 91.7 Å². The van der Waals surface area contributed by atoms with E-state index >= 15 is 0 Å². The van der Waals surface area contributed by atoms with Gasteiger partial charge < -0.3 is 5.32 Å². The third-order valence-electron chi connectivity index (χ3n) is 2.56. The summed E-state index contributed by atoms with van der Waals surface area (Å²) < 4.78 is 0. The molecule has 0 saturated carbocycles. The molecule has 15 heavy (non-hydrogen) atoms. The van der Waals surface area contributed by atoms with Gasteiger partial charge >= 0.3 is 0 Å². The van der Waals surface area contributed by atoms with E-state index in [1.807, 2.05) is 31.2 Å². The van der Waals surface area contributed by atoms with E-state index in [-0.39, 0.29) is 5.78 Å². The fourth-order valence-corrected chi connectivity index (χ4v) is 1.33. The van der Waals surface area contributed by atoms with Gasteiger partial charge in [0.25, 0.3) is 0 Å². The van der Waals surface area contributed by atoms with Gasteiger partial charge in [-0.2, -0.15) is 0 Å². The monoisotopic (exact) mass is 205 g/mol. The number of carbonyl (C=O) groups is 1. The Balaban J connectivity index is 2.54. The van der Waals surface area contributed by atoms with Crippen LogP contribution in [0.2, 0.25) is 0 Å². The van der Waals surface area contributed by atoms with Crippen molar-refractivity contribution in [3.05, 3.63) is 35.4 Å². The zero-order chi connectivity index (χ0) is 11.3. The molecule has 0 saturated heterocycles. The molecule has 1 N–H and O–H groups in total. The van der Waals surface area contributed by atoms with Gasteiger partial charge in [0, 0.05) is 11.6 Å². The van der Waals surface area contributed by atoms with Crippen LogP contribution >= 0.6 is 0 Å². The summed E-state index contributed by atoms with van der Waals surface area (Å²) in [7, 11) is 0. The summed E-state index contributed by atoms with van der Waals surface area (Å²) in [6.07, 6.45) is 1.04. The van der Waals surface area contributed by atoms with Crippen molar-refractivity contribution >= 4 is 5.78 Å². The van der Waals surface area contributed by atoms with Gasteiger partial charge in [-0.15, -0.1) is 0 Å². The molecule has 0 bridgehead atoms. The van der Waals surface area contributed by atoms with Gasteiger partial charge in [0.05, 0.1) is 6.54 Å². The summed E-state index contributed by atoms with van der Waals surface area (Å²) in [4.78, 5) is 11.8. The Hall–Kier alpha value is -1.15. The van der Waals surface area contributed by atoms with Crippen LogP contribution in [0.15, 0.2) is 24.3 Å². The number of nitrogens with one attached hydrogen (secondary N) is 1. The molecule has 2 heteroatoms. The molecule has 0 aliphatic carbocycles. The molecule has 0 fully saturated rings. The van der Waals surface area contributed by atoms with Crippen LogP contribution in [0.4, 0.5) is 0 Å². The van der Waals surface area contributed by atoms with Gasteiger partial charge in [0.2, 0.25) is 0 Å². The first kappa shape index (κ1) is 11.9. The third kappa shape index (κ3) is 3.84. The van der Waals surface area contributed by atoms with E-state index in [1.54, 1.807) is 0 Å². The maximum Gasteiger partial charge on any atom is 0.176 e. The fraction of sp³-hybridized carbons (Fsp3) is 0.462. The van der Waals surface area contributed by atoms with Crippen LogP contribution in [0.25, 0.3) is 0 Å². The van der Waals surface area contributed by atoms with Gasteiger partial charge in [0.1, 0.15) is 0 Å². The molecular formula is C13H19NO. The second-order valence-electron chi connectivity index (χ2n) is 3.98. The van der Waals surface area contributed by atoms with Crippen LogP contribution in [0.3, 0.4) is 0 Å². The largest absolute Gasteiger partial charge is 0.307 e. The van der Waals surface area contributed by atoms with Crippen molar-refractivity contribution in [3.63, 3.8) is 0 Å². The first-order valence-electron chi connectivity index (χ1n) is 5.46. The lowest BCUT2D eigenvalue weighted by Crippen LogP contribution is -2.30. The summed E-state index contributed by atoms with van der Waals surface area (Å²) in [5, 5.41) is 3.20. The Morgan fingerprint density at radius 1 is 1.47 bits per heavy atom. The topological polar surface area (TPSA) is 29.1 Å². The van der Waals surface area contributed by atoms with Crippen molar-refractivity contribution in [1.82, 2.24) is 5.32 Å². The summed E-state index contributed by atoms with van der Waals surface area (Å²) >= 11 is 0. The number of ketones is 1. The molecule has 0 aromatic heterocycles. The lowest BCUT2D eigenvalue weighted by atomic mass is 10.1. The second-order valence-corrected chi connectivity index (χ2v) is 3.98. The summed E-state index contributed by atoms with van der Waals surface area (Å²) in [6, 6.07) is 8.12. The van der Waals surface area contributed by atoms with Crippen LogP contribution < -0.4 is 5.32 Å². The molecule has 82 valence electrons. The van der Waals surface area contributed by atoms with E-state index in [9.17, 15) is 4.79 Å². The minimum absolute atomic E-state index is 0.166. The number of hydrogen-bond donors (Lipinski definition) is 1. The highest BCUT2D eigenvalue weighted by Crippen LogP contribution is 2.04. The Kier molecular flexibility index (Phi) is 4.50. The highest BCUT2D eigenvalue weighted by atomic mass is 16.1. The minimum Gasteiger partial charge on any atom is -0.307 e. The van der Waals surface area contributed by atoms with Crippen molar-refractivity contribution in [2.45, 2.75) is 33.2 Å². The zero-order valence-corrected chi connectivity index (χ0v) is 9.71. The maximum absolute atomic E-state index is 11.8. The summed E-state index contributed by atoms with van der Waals surface area (Å²) in [6.45, 7) is 6.62. The number of Topliss-reactive ketones (excluding diaryl/α,β-unsaturated/α-hetero) is 1. The van der Waals surface area contributed by atoms with Crippen molar-refractivity contribution in [2.24, 2.45) is 0 Å². The lowest BCUT2D eigenvalue weighted by molar-refractivity contribution is 0.0987. The third-order valence-corrected chi connectivity index (χ3v) is 2.56. The average molecular weight is 205 g/mol. The highest BCUT2D eigenvalue weighted by molar-refractivity contribution is 5.97. The van der Waals surface area contributed by atoms with Crippen LogP contribution in [-0.4, -0.2) is 18.4 Å². The van der Waals surface area contributed by atoms with E-state index in [2.05, 4.69) is 19.2 Å². The minimum atomic E-state index is 0.166. The van der Waals surface area contributed by atoms with Crippen LogP contribution in [0.1, 0.15) is 36.2 Å². The second kappa shape index (κ2) is 5.66. The van der Waals surface area contributed by atoms with Crippen LogP contribution in [0, 0.1) is 6.92 Å². The van der Waals surface area contributed by atoms with Crippen LogP contribution in [-0.2, 0) is 0 Å². The van der Waals surface area contributed by atoms with Crippen molar-refractivity contribution in [2.75, 3.05) is 6.54 Å². The smallest absolute Gasteiger partial charge is 0.176 e. The molecule has 0 spiro atoms. The molecular weight excluding hydrogens is 186 g/mol. The van der Waals surface area contributed by atoms with Crippen molar-refractivity contribution in [3.8, 4) is 0 Å². The Morgan fingerprint density at radius 2 is 2.20 bits per heavy atom. The molecule has 1 aromatic carbocycles. The molecule has 1 aromatic rings. The molecule has 1 rings (SSSR count). The molecule has 1 unspecified atom stereocenters. The first-order valence-corrected chi connectivity index (χ1v) is 5.46. The maximum atomic E-state index is 11.8. The quantitative estimate of drug-likeness (QED) is 0.748. The Morgan fingerprint density at radius 3 is 2.80 bits per heavy atom. The van der Waals surface area contributed by atoms with Crippen molar-refractivity contribution in [1.29, 1.82) is 0 Å². The first-order chi connectivity index (χ1) is 7.13. The highest BCUT2D eigenvalue weighted by Gasteiger charge is 2.06. The average Bonchev–Trinajstić information content (AvgIpc) is 2.25. The van der Waals surface area contributed by atoms with E-state index in [0.29, 0.717) is 12.6 Å². The van der Waals surface area contributed by atoms with Gasteiger partial charge in [-0.1, -0.05) is 30.7 Å². The van der Waals surface area contributed by atoms with Crippen molar-refractivity contribution < 1.29 is 4.79 Å². The van der Waals surface area contributed by atoms with Gasteiger partial charge in [-0.3, -0.25) is 4.79 Å². The number of hydrogen-bond acceptors (Lipinski definition) is 2. The molecule has 0 aliphatic rings. The van der Waals surface area contributed by atoms with E-state index in [4.69, 9.17) is 0 Å². The van der Waals surface area contributed by atoms with E-state index in [0.717, 1.165) is 17.5 Å². The molecule has 0 aliphatic heterocycles. The predicted octanol–water partition coefficient (Wildman–Crippen LogP) is 2.57. The van der Waals surface area contributed by atoms with E-state index in [1.165, 1.54) is 0 Å². The number of aryl methyl sites for hydroxylation is 1. The molecule has 1 atom stereocenters.